The van der Waals surface area contributed by atoms with Crippen LogP contribution in [-0.2, 0) is 4.79 Å². The largest absolute Gasteiger partial charge is 0.290 e. The van der Waals surface area contributed by atoms with Crippen LogP contribution in [0.2, 0.25) is 0 Å². The molecule has 2 aliphatic rings. The van der Waals surface area contributed by atoms with E-state index in [-0.39, 0.29) is 5.78 Å². The van der Waals surface area contributed by atoms with Gasteiger partial charge in [-0.05, 0) is 36.6 Å². The van der Waals surface area contributed by atoms with Gasteiger partial charge in [-0.2, -0.15) is 0 Å². The summed E-state index contributed by atoms with van der Waals surface area (Å²) < 4.78 is 0. The normalized spacial score (nSPS) is 22.3. The molecular weight excluding hydrogens is 138 g/mol. The summed E-state index contributed by atoms with van der Waals surface area (Å²) in [5.41, 5.74) is 2.93. The van der Waals surface area contributed by atoms with Crippen molar-refractivity contribution in [1.82, 2.24) is 0 Å². The van der Waals surface area contributed by atoms with Crippen LogP contribution in [0.25, 0.3) is 0 Å². The third kappa shape index (κ3) is 0.946. The summed E-state index contributed by atoms with van der Waals surface area (Å²) in [6.07, 6.45) is 4.52. The summed E-state index contributed by atoms with van der Waals surface area (Å²) in [7, 11) is 0. The van der Waals surface area contributed by atoms with Gasteiger partial charge in [0.2, 0.25) is 0 Å². The van der Waals surface area contributed by atoms with E-state index < -0.39 is 0 Å². The maximum absolute atomic E-state index is 11.1. The van der Waals surface area contributed by atoms with Crippen molar-refractivity contribution in [3.63, 3.8) is 0 Å². The fourth-order valence-corrected chi connectivity index (χ4v) is 1.36. The highest BCUT2D eigenvalue weighted by Gasteiger charge is 2.18. The minimum atomic E-state index is 0.140. The van der Waals surface area contributed by atoms with Crippen molar-refractivity contribution >= 4 is 11.5 Å². The van der Waals surface area contributed by atoms with Crippen molar-refractivity contribution in [2.45, 2.75) is 13.3 Å². The highest BCUT2D eigenvalue weighted by molar-refractivity contribution is 6.22. The van der Waals surface area contributed by atoms with E-state index in [0.717, 1.165) is 29.8 Å². The van der Waals surface area contributed by atoms with Crippen molar-refractivity contribution < 1.29 is 4.79 Å². The summed E-state index contributed by atoms with van der Waals surface area (Å²) in [4.78, 5) is 15.4. The molecular formula is C9H9NO. The molecule has 11 heavy (non-hydrogen) atoms. The van der Waals surface area contributed by atoms with Crippen LogP contribution >= 0.6 is 0 Å². The average Bonchev–Trinajstić information content (AvgIpc) is 2.36. The third-order valence-corrected chi connectivity index (χ3v) is 2.04. The van der Waals surface area contributed by atoms with E-state index >= 15 is 0 Å². The Morgan fingerprint density at radius 3 is 3.09 bits per heavy atom. The topological polar surface area (TPSA) is 29.4 Å². The van der Waals surface area contributed by atoms with Gasteiger partial charge in [0.25, 0.3) is 0 Å². The Balaban J connectivity index is 2.46. The van der Waals surface area contributed by atoms with Crippen LogP contribution in [0.15, 0.2) is 28.3 Å². The molecule has 0 aromatic rings. The number of hydrogen-bond acceptors (Lipinski definition) is 2. The highest BCUT2D eigenvalue weighted by Crippen LogP contribution is 2.19. The number of aliphatic imine (C=N–C) groups is 1. The summed E-state index contributed by atoms with van der Waals surface area (Å²) in [6, 6.07) is 0. The second kappa shape index (κ2) is 2.16. The first kappa shape index (κ1) is 6.53. The van der Waals surface area contributed by atoms with E-state index in [1.165, 1.54) is 0 Å². The monoisotopic (exact) mass is 147 g/mol. The zero-order valence-electron chi connectivity index (χ0n) is 6.42. The zero-order chi connectivity index (χ0) is 7.84. The Labute approximate surface area is 65.3 Å². The molecule has 0 fully saturated rings. The van der Waals surface area contributed by atoms with E-state index in [9.17, 15) is 4.79 Å². The molecule has 0 saturated carbocycles. The number of ketones is 1. The lowest BCUT2D eigenvalue weighted by Crippen LogP contribution is -2.08. The SMILES string of the molecule is CC1=CC2=NCCC2=CC1=O. The molecule has 2 nitrogen and oxygen atoms in total. The lowest BCUT2D eigenvalue weighted by atomic mass is 9.97. The van der Waals surface area contributed by atoms with Crippen LogP contribution in [0, 0.1) is 0 Å². The van der Waals surface area contributed by atoms with Gasteiger partial charge >= 0.3 is 0 Å². The summed E-state index contributed by atoms with van der Waals surface area (Å²) in [6.45, 7) is 2.68. The van der Waals surface area contributed by atoms with Crippen LogP contribution in [0.1, 0.15) is 13.3 Å². The molecule has 0 aromatic carbocycles. The lowest BCUT2D eigenvalue weighted by Gasteiger charge is -2.05. The number of allylic oxidation sites excluding steroid dienone is 3. The predicted octanol–water partition coefficient (Wildman–Crippen LogP) is 1.29. The molecule has 2 rings (SSSR count). The molecule has 0 N–H and O–H groups in total. The van der Waals surface area contributed by atoms with Crippen LogP contribution in [0.5, 0.6) is 0 Å². The number of nitrogens with zero attached hydrogens (tertiary/aromatic N) is 1. The first-order valence-corrected chi connectivity index (χ1v) is 3.75. The van der Waals surface area contributed by atoms with Crippen LogP contribution in [0.3, 0.4) is 0 Å². The van der Waals surface area contributed by atoms with Crippen molar-refractivity contribution in [2.24, 2.45) is 4.99 Å². The van der Waals surface area contributed by atoms with Crippen molar-refractivity contribution in [3.8, 4) is 0 Å². The Morgan fingerprint density at radius 2 is 2.27 bits per heavy atom. The van der Waals surface area contributed by atoms with Crippen molar-refractivity contribution in [3.05, 3.63) is 23.3 Å². The van der Waals surface area contributed by atoms with Gasteiger partial charge in [0, 0.05) is 6.54 Å². The van der Waals surface area contributed by atoms with Crippen LogP contribution in [0.4, 0.5) is 0 Å². The second-order valence-electron chi connectivity index (χ2n) is 2.88. The first-order chi connectivity index (χ1) is 5.27. The molecule has 1 aliphatic heterocycles. The number of carbonyl (C=O) groups is 1. The van der Waals surface area contributed by atoms with E-state index in [1.807, 2.05) is 13.0 Å². The Bertz CT molecular complexity index is 308. The Morgan fingerprint density at radius 1 is 1.45 bits per heavy atom. The molecule has 1 aliphatic carbocycles. The fraction of sp³-hybridized carbons (Fsp3) is 0.333. The van der Waals surface area contributed by atoms with Gasteiger partial charge in [-0.1, -0.05) is 0 Å². The first-order valence-electron chi connectivity index (χ1n) is 3.75. The zero-order valence-corrected chi connectivity index (χ0v) is 6.42. The third-order valence-electron chi connectivity index (χ3n) is 2.04. The molecule has 2 heteroatoms. The van der Waals surface area contributed by atoms with Gasteiger partial charge in [-0.3, -0.25) is 9.79 Å². The molecule has 1 heterocycles. The molecule has 0 bridgehead atoms. The minimum absolute atomic E-state index is 0.140. The van der Waals surface area contributed by atoms with Gasteiger partial charge in [-0.15, -0.1) is 0 Å². The molecule has 0 atom stereocenters. The maximum Gasteiger partial charge on any atom is 0.181 e. The molecule has 0 amide bonds. The number of rotatable bonds is 0. The predicted molar refractivity (Wildman–Crippen MR) is 43.8 cm³/mol. The summed E-state index contributed by atoms with van der Waals surface area (Å²) in [5, 5.41) is 0. The average molecular weight is 147 g/mol. The maximum atomic E-state index is 11.1. The second-order valence-corrected chi connectivity index (χ2v) is 2.88. The van der Waals surface area contributed by atoms with Crippen molar-refractivity contribution in [2.75, 3.05) is 6.54 Å². The number of hydrogen-bond donors (Lipinski definition) is 0. The van der Waals surface area contributed by atoms with E-state index in [4.69, 9.17) is 0 Å². The van der Waals surface area contributed by atoms with E-state index in [1.54, 1.807) is 6.08 Å². The molecule has 0 aromatic heterocycles. The van der Waals surface area contributed by atoms with Crippen molar-refractivity contribution in [1.29, 1.82) is 0 Å². The Hall–Kier alpha value is -1.18. The molecule has 0 radical (unpaired) electrons. The quantitative estimate of drug-likeness (QED) is 0.475. The molecule has 0 unspecified atom stereocenters. The fourth-order valence-electron chi connectivity index (χ4n) is 1.36. The van der Waals surface area contributed by atoms with Gasteiger partial charge < -0.3 is 0 Å². The van der Waals surface area contributed by atoms with Crippen LogP contribution < -0.4 is 0 Å². The van der Waals surface area contributed by atoms with Crippen LogP contribution in [-0.4, -0.2) is 18.0 Å². The summed E-state index contributed by atoms with van der Waals surface area (Å²) in [5.74, 6) is 0.140. The minimum Gasteiger partial charge on any atom is -0.290 e. The lowest BCUT2D eigenvalue weighted by molar-refractivity contribution is -0.111. The highest BCUT2D eigenvalue weighted by atomic mass is 16.1. The Kier molecular flexibility index (Phi) is 1.28. The smallest absolute Gasteiger partial charge is 0.181 e. The molecule has 0 saturated heterocycles. The van der Waals surface area contributed by atoms with Gasteiger partial charge in [-0.25, -0.2) is 0 Å². The van der Waals surface area contributed by atoms with Gasteiger partial charge in [0.05, 0.1) is 5.71 Å². The van der Waals surface area contributed by atoms with E-state index in [0.29, 0.717) is 0 Å². The van der Waals surface area contributed by atoms with Gasteiger partial charge in [0.15, 0.2) is 5.78 Å². The number of fused-ring (bicyclic) bond motifs is 1. The summed E-state index contributed by atoms with van der Waals surface area (Å²) >= 11 is 0. The molecule has 0 spiro atoms. The van der Waals surface area contributed by atoms with E-state index in [2.05, 4.69) is 4.99 Å². The molecule has 56 valence electrons. The standard InChI is InChI=1S/C9H9NO/c1-6-4-8-7(2-3-10-8)5-9(6)11/h4-5H,2-3H2,1H3. The van der Waals surface area contributed by atoms with Gasteiger partial charge in [0.1, 0.15) is 0 Å². The number of carbonyl (C=O) groups excluding carboxylic acids is 1.